The van der Waals surface area contributed by atoms with Crippen molar-refractivity contribution in [2.75, 3.05) is 32.8 Å². The molecular formula is C35H49N3O5. The number of benzene rings is 2. The number of hydrogen-bond acceptors (Lipinski definition) is 6. The van der Waals surface area contributed by atoms with E-state index in [2.05, 4.69) is 34.9 Å². The van der Waals surface area contributed by atoms with Gasteiger partial charge in [0.2, 0.25) is 11.8 Å². The Labute approximate surface area is 256 Å². The van der Waals surface area contributed by atoms with E-state index in [1.807, 2.05) is 49.1 Å². The number of nitrogens with zero attached hydrogens (tertiary/aromatic N) is 1. The smallest absolute Gasteiger partial charge is 0.247 e. The minimum atomic E-state index is -0.723. The maximum Gasteiger partial charge on any atom is 0.247 e. The second kappa shape index (κ2) is 15.3. The number of carbonyl (C=O) groups excluding carboxylic acids is 2. The minimum absolute atomic E-state index is 0.0245. The Balaban J connectivity index is 1.13. The van der Waals surface area contributed by atoms with Crippen molar-refractivity contribution in [3.05, 3.63) is 71.3 Å². The van der Waals surface area contributed by atoms with Crippen LogP contribution in [0.15, 0.2) is 54.6 Å². The molecule has 2 unspecified atom stereocenters. The molecule has 2 heterocycles. The molecule has 2 aromatic rings. The van der Waals surface area contributed by atoms with Crippen molar-refractivity contribution < 1.29 is 23.8 Å². The molecule has 1 spiro atoms. The quantitative estimate of drug-likeness (QED) is 0.357. The Morgan fingerprint density at radius 1 is 1.02 bits per heavy atom. The third kappa shape index (κ3) is 8.66. The van der Waals surface area contributed by atoms with Crippen LogP contribution in [0, 0.1) is 0 Å². The molecular weight excluding hydrogens is 542 g/mol. The summed E-state index contributed by atoms with van der Waals surface area (Å²) < 4.78 is 17.7. The predicted molar refractivity (Wildman–Crippen MR) is 167 cm³/mol. The van der Waals surface area contributed by atoms with Crippen LogP contribution in [0.25, 0.3) is 0 Å². The van der Waals surface area contributed by atoms with Gasteiger partial charge in [-0.2, -0.15) is 0 Å². The number of nitrogens with one attached hydrogen (secondary N) is 2. The number of fused-ring (bicyclic) bond motifs is 2. The second-order valence-corrected chi connectivity index (χ2v) is 12.6. The summed E-state index contributed by atoms with van der Waals surface area (Å²) in [5.41, 5.74) is 4.12. The van der Waals surface area contributed by atoms with Crippen molar-refractivity contribution in [2.45, 2.75) is 102 Å². The van der Waals surface area contributed by atoms with E-state index >= 15 is 0 Å². The number of rotatable bonds is 13. The molecule has 0 aromatic heterocycles. The van der Waals surface area contributed by atoms with Crippen LogP contribution in [0.2, 0.25) is 0 Å². The van der Waals surface area contributed by atoms with E-state index in [1.54, 1.807) is 0 Å². The lowest BCUT2D eigenvalue weighted by molar-refractivity contribution is -0.183. The monoisotopic (exact) mass is 591 g/mol. The summed E-state index contributed by atoms with van der Waals surface area (Å²) in [5.74, 6) is -0.221. The second-order valence-electron chi connectivity index (χ2n) is 12.6. The molecule has 4 atom stereocenters. The molecule has 2 aliphatic heterocycles. The molecule has 0 saturated carbocycles. The summed E-state index contributed by atoms with van der Waals surface area (Å²) in [7, 11) is 0. The topological polar surface area (TPSA) is 89.1 Å². The van der Waals surface area contributed by atoms with E-state index in [-0.39, 0.29) is 48.7 Å². The third-order valence-electron chi connectivity index (χ3n) is 9.29. The fraction of sp³-hybridized carbons (Fsp3) is 0.600. The number of piperidine rings is 1. The first-order chi connectivity index (χ1) is 20.9. The molecule has 0 bridgehead atoms. The number of likely N-dealkylation sites (tertiary alicyclic amines) is 1. The van der Waals surface area contributed by atoms with Crippen LogP contribution in [0.3, 0.4) is 0 Å². The highest BCUT2D eigenvalue weighted by molar-refractivity contribution is 5.88. The van der Waals surface area contributed by atoms with E-state index in [0.717, 1.165) is 57.1 Å². The number of amides is 2. The molecule has 2 N–H and O–H groups in total. The fourth-order valence-electron chi connectivity index (χ4n) is 6.80. The predicted octanol–water partition coefficient (Wildman–Crippen LogP) is 4.49. The van der Waals surface area contributed by atoms with E-state index in [4.69, 9.17) is 14.2 Å². The molecule has 1 aliphatic carbocycles. The lowest BCUT2D eigenvalue weighted by Crippen LogP contribution is -2.54. The maximum absolute atomic E-state index is 13.8. The number of carbonyl (C=O) groups is 2. The van der Waals surface area contributed by atoms with Gasteiger partial charge in [-0.1, -0.05) is 54.6 Å². The zero-order valence-corrected chi connectivity index (χ0v) is 25.9. The zero-order chi connectivity index (χ0) is 30.1. The number of ether oxygens (including phenoxy) is 3. The first-order valence-corrected chi connectivity index (χ1v) is 16.2. The average molecular weight is 592 g/mol. The van der Waals surface area contributed by atoms with Crippen LogP contribution in [-0.4, -0.2) is 74.0 Å². The van der Waals surface area contributed by atoms with Crippen molar-refractivity contribution in [1.82, 2.24) is 15.5 Å². The molecule has 2 fully saturated rings. The minimum Gasteiger partial charge on any atom is -0.374 e. The van der Waals surface area contributed by atoms with Gasteiger partial charge < -0.3 is 29.7 Å². The summed E-state index contributed by atoms with van der Waals surface area (Å²) in [5, 5.41) is 6.42. The van der Waals surface area contributed by atoms with Crippen LogP contribution in [0.5, 0.6) is 0 Å². The first-order valence-electron chi connectivity index (χ1n) is 16.2. The SMILES string of the molecule is CC(CC(=O)N[C@H](COCc1ccccc1)C(=O)N1CCC2(CCc3ccccc32)CC1)NC[C@@H](C)OC1CCCCO1. The van der Waals surface area contributed by atoms with Gasteiger partial charge in [0.15, 0.2) is 6.29 Å². The molecule has 3 aliphatic rings. The Morgan fingerprint density at radius 3 is 2.56 bits per heavy atom. The van der Waals surface area contributed by atoms with Crippen molar-refractivity contribution in [2.24, 2.45) is 0 Å². The van der Waals surface area contributed by atoms with Gasteiger partial charge in [0.05, 0.1) is 19.3 Å². The highest BCUT2D eigenvalue weighted by Gasteiger charge is 2.42. The van der Waals surface area contributed by atoms with Gasteiger partial charge >= 0.3 is 0 Å². The van der Waals surface area contributed by atoms with Gasteiger partial charge in [-0.15, -0.1) is 0 Å². The molecule has 0 radical (unpaired) electrons. The average Bonchev–Trinajstić information content (AvgIpc) is 3.38. The van der Waals surface area contributed by atoms with Gasteiger partial charge in [-0.3, -0.25) is 9.59 Å². The zero-order valence-electron chi connectivity index (χ0n) is 25.9. The highest BCUT2D eigenvalue weighted by atomic mass is 16.7. The molecule has 234 valence electrons. The molecule has 5 rings (SSSR count). The van der Waals surface area contributed by atoms with Gasteiger partial charge in [-0.05, 0) is 80.9 Å². The number of hydrogen-bond donors (Lipinski definition) is 2. The molecule has 43 heavy (non-hydrogen) atoms. The lowest BCUT2D eigenvalue weighted by Gasteiger charge is -2.41. The highest BCUT2D eigenvalue weighted by Crippen LogP contribution is 2.46. The summed E-state index contributed by atoms with van der Waals surface area (Å²) in [4.78, 5) is 28.9. The standard InChI is InChI=1S/C35H49N3O5/c1-26(36-23-27(2)43-33-14-8-9-21-42-33)22-32(39)37-31(25-41-24-28-10-4-3-5-11-28)34(40)38-19-17-35(18-20-38)16-15-29-12-6-7-13-30(29)35/h3-7,10-13,26-27,31,33,36H,8-9,14-25H2,1-2H3,(H,37,39)/t26?,27-,31-,33?/m1/s1. The Bertz CT molecular complexity index is 1180. The first kappa shape index (κ1) is 31.6. The van der Waals surface area contributed by atoms with Gasteiger partial charge in [0, 0.05) is 38.7 Å². The van der Waals surface area contributed by atoms with Crippen molar-refractivity contribution in [3.63, 3.8) is 0 Å². The van der Waals surface area contributed by atoms with E-state index in [9.17, 15) is 9.59 Å². The molecule has 2 saturated heterocycles. The molecule has 2 aromatic carbocycles. The van der Waals surface area contributed by atoms with Gasteiger partial charge in [0.1, 0.15) is 6.04 Å². The largest absolute Gasteiger partial charge is 0.374 e. The molecule has 2 amide bonds. The molecule has 8 nitrogen and oxygen atoms in total. The van der Waals surface area contributed by atoms with Crippen LogP contribution in [-0.2, 0) is 42.2 Å². The number of aryl methyl sites for hydroxylation is 1. The van der Waals surface area contributed by atoms with Crippen LogP contribution in [0.4, 0.5) is 0 Å². The maximum atomic E-state index is 13.8. The molecule has 8 heteroatoms. The summed E-state index contributed by atoms with van der Waals surface area (Å²) in [6, 6.07) is 17.9. The van der Waals surface area contributed by atoms with E-state index in [0.29, 0.717) is 26.2 Å². The van der Waals surface area contributed by atoms with Gasteiger partial charge in [0.25, 0.3) is 0 Å². The Hall–Kier alpha value is -2.78. The van der Waals surface area contributed by atoms with Crippen molar-refractivity contribution in [3.8, 4) is 0 Å². The third-order valence-corrected chi connectivity index (χ3v) is 9.29. The van der Waals surface area contributed by atoms with E-state index < -0.39 is 6.04 Å². The summed E-state index contributed by atoms with van der Waals surface area (Å²) >= 11 is 0. The van der Waals surface area contributed by atoms with Gasteiger partial charge in [-0.25, -0.2) is 0 Å². The fourth-order valence-corrected chi connectivity index (χ4v) is 6.80. The van der Waals surface area contributed by atoms with Crippen molar-refractivity contribution in [1.29, 1.82) is 0 Å². The normalized spacial score (nSPS) is 21.6. The summed E-state index contributed by atoms with van der Waals surface area (Å²) in [6.07, 6.45) is 7.41. The van der Waals surface area contributed by atoms with Crippen LogP contribution < -0.4 is 10.6 Å². The summed E-state index contributed by atoms with van der Waals surface area (Å²) in [6.45, 7) is 7.29. The lowest BCUT2D eigenvalue weighted by atomic mass is 9.74. The van der Waals surface area contributed by atoms with Crippen LogP contribution >= 0.6 is 0 Å². The van der Waals surface area contributed by atoms with E-state index in [1.165, 1.54) is 11.1 Å². The van der Waals surface area contributed by atoms with Crippen molar-refractivity contribution >= 4 is 11.8 Å². The Kier molecular flexibility index (Phi) is 11.2. The Morgan fingerprint density at radius 2 is 1.79 bits per heavy atom. The van der Waals surface area contributed by atoms with Crippen LogP contribution in [0.1, 0.15) is 75.5 Å².